The van der Waals surface area contributed by atoms with Crippen LogP contribution >= 0.6 is 0 Å². The number of esters is 1. The van der Waals surface area contributed by atoms with Crippen molar-refractivity contribution in [1.82, 2.24) is 4.57 Å². The Balaban J connectivity index is 1.34. The lowest BCUT2D eigenvalue weighted by atomic mass is 10.1. The smallest absolute Gasteiger partial charge is 0.340 e. The first-order valence-electron chi connectivity index (χ1n) is 11.1. The molecule has 0 atom stereocenters. The molecule has 32 heavy (non-hydrogen) atoms. The van der Waals surface area contributed by atoms with E-state index < -0.39 is 5.97 Å². The lowest BCUT2D eigenvalue weighted by molar-refractivity contribution is -0.119. The van der Waals surface area contributed by atoms with E-state index >= 15 is 0 Å². The molecule has 3 aromatic rings. The Labute approximate surface area is 188 Å². The molecule has 166 valence electrons. The van der Waals surface area contributed by atoms with Gasteiger partial charge in [0.2, 0.25) is 0 Å². The lowest BCUT2D eigenvalue weighted by Crippen LogP contribution is -2.29. The Morgan fingerprint density at radius 2 is 1.59 bits per heavy atom. The van der Waals surface area contributed by atoms with Gasteiger partial charge in [0, 0.05) is 41.5 Å². The van der Waals surface area contributed by atoms with Crippen LogP contribution in [0.25, 0.3) is 5.69 Å². The molecule has 0 unspecified atom stereocenters. The molecule has 1 aliphatic rings. The number of benzene rings is 2. The standard InChI is InChI=1S/C26H29N3O3/c1-19-17-24(20(2)29(19)23-9-5-3-6-10-23)26(31)32-18-25(30)27-21-11-13-22(14-12-21)28-15-7-4-8-16-28/h3,5-6,9-14,17H,4,7-8,15-16,18H2,1-2H3,(H,27,30). The van der Waals surface area contributed by atoms with E-state index in [1.807, 2.05) is 73.0 Å². The number of anilines is 2. The number of carbonyl (C=O) groups is 2. The molecule has 1 N–H and O–H groups in total. The number of amides is 1. The van der Waals surface area contributed by atoms with Gasteiger partial charge in [-0.3, -0.25) is 4.79 Å². The van der Waals surface area contributed by atoms with Crippen molar-refractivity contribution in [1.29, 1.82) is 0 Å². The van der Waals surface area contributed by atoms with Gasteiger partial charge in [-0.1, -0.05) is 18.2 Å². The Hall–Kier alpha value is -3.54. The number of nitrogens with one attached hydrogen (secondary N) is 1. The van der Waals surface area contributed by atoms with Crippen LogP contribution in [0.3, 0.4) is 0 Å². The van der Waals surface area contributed by atoms with Crippen LogP contribution in [0.5, 0.6) is 0 Å². The maximum atomic E-state index is 12.6. The Bertz CT molecular complexity index is 1080. The predicted molar refractivity (Wildman–Crippen MR) is 127 cm³/mol. The normalized spacial score (nSPS) is 13.6. The Kier molecular flexibility index (Phi) is 6.59. The van der Waals surface area contributed by atoms with Crippen LogP contribution in [-0.2, 0) is 9.53 Å². The van der Waals surface area contributed by atoms with Gasteiger partial charge in [-0.25, -0.2) is 4.79 Å². The molecule has 1 aliphatic heterocycles. The summed E-state index contributed by atoms with van der Waals surface area (Å²) in [7, 11) is 0. The van der Waals surface area contributed by atoms with E-state index in [9.17, 15) is 9.59 Å². The van der Waals surface area contributed by atoms with Crippen molar-refractivity contribution < 1.29 is 14.3 Å². The highest BCUT2D eigenvalue weighted by molar-refractivity contribution is 5.96. The fraction of sp³-hybridized carbons (Fsp3) is 0.308. The van der Waals surface area contributed by atoms with E-state index in [1.54, 1.807) is 6.07 Å². The summed E-state index contributed by atoms with van der Waals surface area (Å²) in [6, 6.07) is 19.4. The topological polar surface area (TPSA) is 63.6 Å². The number of rotatable bonds is 6. The van der Waals surface area contributed by atoms with Crippen LogP contribution in [0, 0.1) is 13.8 Å². The van der Waals surface area contributed by atoms with Gasteiger partial charge in [0.25, 0.3) is 5.91 Å². The summed E-state index contributed by atoms with van der Waals surface area (Å²) >= 11 is 0. The highest BCUT2D eigenvalue weighted by Crippen LogP contribution is 2.23. The minimum atomic E-state index is -0.504. The molecule has 1 saturated heterocycles. The first-order chi connectivity index (χ1) is 15.5. The number of carbonyl (C=O) groups excluding carboxylic acids is 2. The molecule has 0 saturated carbocycles. The van der Waals surface area contributed by atoms with Crippen molar-refractivity contribution in [3.8, 4) is 5.69 Å². The third-order valence-corrected chi connectivity index (χ3v) is 5.87. The van der Waals surface area contributed by atoms with E-state index in [1.165, 1.54) is 24.9 Å². The van der Waals surface area contributed by atoms with E-state index in [4.69, 9.17) is 4.74 Å². The van der Waals surface area contributed by atoms with E-state index in [0.717, 1.165) is 30.2 Å². The molecule has 2 aromatic carbocycles. The number of aromatic nitrogens is 1. The molecule has 1 amide bonds. The van der Waals surface area contributed by atoms with Gasteiger partial charge in [0.05, 0.1) is 5.56 Å². The molecule has 6 nitrogen and oxygen atoms in total. The average molecular weight is 432 g/mol. The Morgan fingerprint density at radius 3 is 2.28 bits per heavy atom. The number of hydrogen-bond donors (Lipinski definition) is 1. The molecule has 2 heterocycles. The highest BCUT2D eigenvalue weighted by atomic mass is 16.5. The first-order valence-corrected chi connectivity index (χ1v) is 11.1. The molecule has 1 aromatic heterocycles. The summed E-state index contributed by atoms with van der Waals surface area (Å²) in [5, 5.41) is 2.80. The van der Waals surface area contributed by atoms with Gasteiger partial charge in [0.15, 0.2) is 6.61 Å². The summed E-state index contributed by atoms with van der Waals surface area (Å²) in [6.07, 6.45) is 3.73. The SMILES string of the molecule is Cc1cc(C(=O)OCC(=O)Nc2ccc(N3CCCCC3)cc2)c(C)n1-c1ccccc1. The Morgan fingerprint density at radius 1 is 0.906 bits per heavy atom. The van der Waals surface area contributed by atoms with E-state index in [2.05, 4.69) is 10.2 Å². The number of para-hydroxylation sites is 1. The predicted octanol–water partition coefficient (Wildman–Crippen LogP) is 4.88. The summed E-state index contributed by atoms with van der Waals surface area (Å²) in [4.78, 5) is 27.3. The highest BCUT2D eigenvalue weighted by Gasteiger charge is 2.19. The van der Waals surface area contributed by atoms with Gasteiger partial charge in [0.1, 0.15) is 0 Å². The number of hydrogen-bond acceptors (Lipinski definition) is 4. The molecule has 6 heteroatoms. The van der Waals surface area contributed by atoms with Gasteiger partial charge in [-0.2, -0.15) is 0 Å². The number of nitrogens with zero attached hydrogens (tertiary/aromatic N) is 2. The quantitative estimate of drug-likeness (QED) is 0.565. The third-order valence-electron chi connectivity index (χ3n) is 5.87. The zero-order valence-electron chi connectivity index (χ0n) is 18.6. The van der Waals surface area contributed by atoms with Crippen LogP contribution in [0.15, 0.2) is 60.7 Å². The molecule has 1 fully saturated rings. The van der Waals surface area contributed by atoms with Crippen molar-refractivity contribution in [2.24, 2.45) is 0 Å². The zero-order chi connectivity index (χ0) is 22.5. The second-order valence-electron chi connectivity index (χ2n) is 8.17. The zero-order valence-corrected chi connectivity index (χ0v) is 18.6. The third kappa shape index (κ3) is 4.85. The van der Waals surface area contributed by atoms with Crippen molar-refractivity contribution in [2.75, 3.05) is 29.9 Å². The van der Waals surface area contributed by atoms with Gasteiger partial charge in [-0.05, 0) is 75.6 Å². The van der Waals surface area contributed by atoms with Crippen molar-refractivity contribution in [3.63, 3.8) is 0 Å². The average Bonchev–Trinajstić information content (AvgIpc) is 3.13. The number of ether oxygens (including phenoxy) is 1. The molecular formula is C26H29N3O3. The maximum absolute atomic E-state index is 12.6. The first kappa shape index (κ1) is 21.7. The molecule has 0 spiro atoms. The minimum absolute atomic E-state index is 0.332. The van der Waals surface area contributed by atoms with Crippen LogP contribution in [0.4, 0.5) is 11.4 Å². The maximum Gasteiger partial charge on any atom is 0.340 e. The lowest BCUT2D eigenvalue weighted by Gasteiger charge is -2.28. The van der Waals surface area contributed by atoms with Gasteiger partial charge < -0.3 is 19.5 Å². The summed E-state index contributed by atoms with van der Waals surface area (Å²) < 4.78 is 7.29. The molecule has 0 radical (unpaired) electrons. The second-order valence-corrected chi connectivity index (χ2v) is 8.17. The number of piperidine rings is 1. The summed E-state index contributed by atoms with van der Waals surface area (Å²) in [5.41, 5.74) is 5.01. The summed E-state index contributed by atoms with van der Waals surface area (Å²) in [5.74, 6) is -0.864. The fourth-order valence-electron chi connectivity index (χ4n) is 4.26. The van der Waals surface area contributed by atoms with Gasteiger partial charge >= 0.3 is 5.97 Å². The number of aryl methyl sites for hydroxylation is 1. The van der Waals surface area contributed by atoms with Crippen molar-refractivity contribution in [3.05, 3.63) is 77.6 Å². The van der Waals surface area contributed by atoms with Crippen molar-refractivity contribution >= 4 is 23.3 Å². The van der Waals surface area contributed by atoms with Crippen LogP contribution in [0.2, 0.25) is 0 Å². The largest absolute Gasteiger partial charge is 0.452 e. The van der Waals surface area contributed by atoms with Crippen molar-refractivity contribution in [2.45, 2.75) is 33.1 Å². The molecule has 0 bridgehead atoms. The van der Waals surface area contributed by atoms with E-state index in [-0.39, 0.29) is 12.5 Å². The molecule has 4 rings (SSSR count). The monoisotopic (exact) mass is 431 g/mol. The van der Waals surface area contributed by atoms with Gasteiger partial charge in [-0.15, -0.1) is 0 Å². The minimum Gasteiger partial charge on any atom is -0.452 e. The van der Waals surface area contributed by atoms with E-state index in [0.29, 0.717) is 11.3 Å². The van der Waals surface area contributed by atoms with Crippen LogP contribution < -0.4 is 10.2 Å². The van der Waals surface area contributed by atoms with Crippen LogP contribution in [0.1, 0.15) is 41.0 Å². The molecule has 0 aliphatic carbocycles. The van der Waals surface area contributed by atoms with Crippen LogP contribution in [-0.4, -0.2) is 36.1 Å². The molecular weight excluding hydrogens is 402 g/mol. The second kappa shape index (κ2) is 9.73. The summed E-state index contributed by atoms with van der Waals surface area (Å²) in [6.45, 7) is 5.64. The fourth-order valence-corrected chi connectivity index (χ4v) is 4.26.